The Labute approximate surface area is 106 Å². The largest absolute Gasteiger partial charge is 0.469 e. The minimum Gasteiger partial charge on any atom is -0.469 e. The summed E-state index contributed by atoms with van der Waals surface area (Å²) in [5.41, 5.74) is 0.910. The van der Waals surface area contributed by atoms with Gasteiger partial charge in [-0.25, -0.2) is 0 Å². The first-order chi connectivity index (χ1) is 8.83. The van der Waals surface area contributed by atoms with E-state index < -0.39 is 0 Å². The molecule has 0 bridgehead atoms. The zero-order valence-corrected chi connectivity index (χ0v) is 10.5. The highest BCUT2D eigenvalue weighted by Crippen LogP contribution is 2.22. The summed E-state index contributed by atoms with van der Waals surface area (Å²) >= 11 is 0. The van der Waals surface area contributed by atoms with Crippen LogP contribution in [0.5, 0.6) is 0 Å². The average molecular weight is 247 g/mol. The summed E-state index contributed by atoms with van der Waals surface area (Å²) in [6, 6.07) is 1.87. The first kappa shape index (κ1) is 11.5. The summed E-state index contributed by atoms with van der Waals surface area (Å²) in [6.07, 6.45) is 4.86. The summed E-state index contributed by atoms with van der Waals surface area (Å²) in [5, 5.41) is 7.37. The van der Waals surface area contributed by atoms with Gasteiger partial charge in [0.15, 0.2) is 0 Å². The molecule has 1 saturated heterocycles. The minimum atomic E-state index is 0.626. The van der Waals surface area contributed by atoms with E-state index in [1.54, 1.807) is 6.26 Å². The van der Waals surface area contributed by atoms with Gasteiger partial charge in [-0.1, -0.05) is 5.16 Å². The maximum absolute atomic E-state index is 5.28. The van der Waals surface area contributed by atoms with Crippen LogP contribution in [0.3, 0.4) is 0 Å². The molecule has 5 nitrogen and oxygen atoms in total. The van der Waals surface area contributed by atoms with Crippen LogP contribution in [0, 0.1) is 12.8 Å². The van der Waals surface area contributed by atoms with E-state index in [1.807, 2.05) is 13.0 Å². The van der Waals surface area contributed by atoms with Crippen molar-refractivity contribution >= 4 is 0 Å². The van der Waals surface area contributed by atoms with Gasteiger partial charge in [-0.2, -0.15) is 4.98 Å². The van der Waals surface area contributed by atoms with Gasteiger partial charge in [0.2, 0.25) is 11.7 Å². The number of nitrogens with zero attached hydrogens (tertiary/aromatic N) is 2. The topological polar surface area (TPSA) is 64.1 Å². The second-order valence-electron chi connectivity index (χ2n) is 4.80. The van der Waals surface area contributed by atoms with Gasteiger partial charge in [0, 0.05) is 6.42 Å². The lowest BCUT2D eigenvalue weighted by Crippen LogP contribution is -2.09. The standard InChI is InChI=1S/C13H17N3O2/c1-9-11(5-7-17-9)13-15-12(18-16-13)3-2-10-4-6-14-8-10/h5,7,10,14H,2-4,6,8H2,1H3. The Morgan fingerprint density at radius 3 is 3.17 bits per heavy atom. The molecule has 0 radical (unpaired) electrons. The van der Waals surface area contributed by atoms with Crippen LogP contribution >= 0.6 is 0 Å². The molecule has 3 rings (SSSR count). The lowest BCUT2D eigenvalue weighted by atomic mass is 10.0. The SMILES string of the molecule is Cc1occc1-c1noc(CCC2CCNC2)n1. The van der Waals surface area contributed by atoms with Gasteiger partial charge >= 0.3 is 0 Å². The van der Waals surface area contributed by atoms with Gasteiger partial charge in [-0.05, 0) is 44.8 Å². The molecule has 0 spiro atoms. The van der Waals surface area contributed by atoms with Gasteiger partial charge in [0.25, 0.3) is 0 Å². The second kappa shape index (κ2) is 4.94. The lowest BCUT2D eigenvalue weighted by Gasteiger charge is -2.03. The van der Waals surface area contributed by atoms with E-state index in [0.29, 0.717) is 5.82 Å². The van der Waals surface area contributed by atoms with E-state index in [4.69, 9.17) is 8.94 Å². The van der Waals surface area contributed by atoms with Gasteiger partial charge in [-0.15, -0.1) is 0 Å². The highest BCUT2D eigenvalue weighted by atomic mass is 16.5. The van der Waals surface area contributed by atoms with Crippen LogP contribution in [-0.2, 0) is 6.42 Å². The lowest BCUT2D eigenvalue weighted by molar-refractivity contribution is 0.365. The van der Waals surface area contributed by atoms with Crippen LogP contribution in [0.25, 0.3) is 11.4 Å². The number of furan rings is 1. The highest BCUT2D eigenvalue weighted by molar-refractivity contribution is 5.55. The number of hydrogen-bond acceptors (Lipinski definition) is 5. The molecular weight excluding hydrogens is 230 g/mol. The molecule has 2 aromatic heterocycles. The summed E-state index contributed by atoms with van der Waals surface area (Å²) in [6.45, 7) is 4.14. The first-order valence-corrected chi connectivity index (χ1v) is 6.40. The molecule has 0 amide bonds. The molecule has 1 aliphatic rings. The summed E-state index contributed by atoms with van der Waals surface area (Å²) < 4.78 is 10.5. The van der Waals surface area contributed by atoms with Crippen molar-refractivity contribution in [2.75, 3.05) is 13.1 Å². The Morgan fingerprint density at radius 1 is 1.50 bits per heavy atom. The molecule has 1 unspecified atom stereocenters. The molecule has 1 aliphatic heterocycles. The molecule has 3 heterocycles. The maximum Gasteiger partial charge on any atom is 0.226 e. The Morgan fingerprint density at radius 2 is 2.44 bits per heavy atom. The van der Waals surface area contributed by atoms with E-state index in [2.05, 4.69) is 15.5 Å². The molecule has 18 heavy (non-hydrogen) atoms. The fourth-order valence-corrected chi connectivity index (χ4v) is 2.37. The Bertz CT molecular complexity index is 512. The Hall–Kier alpha value is -1.62. The molecule has 0 saturated carbocycles. The number of rotatable bonds is 4. The maximum atomic E-state index is 5.28. The van der Waals surface area contributed by atoms with E-state index in [-0.39, 0.29) is 0 Å². The number of hydrogen-bond donors (Lipinski definition) is 1. The molecule has 1 fully saturated rings. The Kier molecular flexibility index (Phi) is 3.15. The molecule has 0 aromatic carbocycles. The summed E-state index contributed by atoms with van der Waals surface area (Å²) in [4.78, 5) is 4.42. The van der Waals surface area contributed by atoms with Crippen LogP contribution in [-0.4, -0.2) is 23.2 Å². The van der Waals surface area contributed by atoms with Crippen molar-refractivity contribution in [2.45, 2.75) is 26.2 Å². The average Bonchev–Trinajstić information content (AvgIpc) is 3.07. The van der Waals surface area contributed by atoms with Crippen LogP contribution < -0.4 is 5.32 Å². The van der Waals surface area contributed by atoms with Crippen molar-refractivity contribution in [1.82, 2.24) is 15.5 Å². The van der Waals surface area contributed by atoms with Gasteiger partial charge in [0.1, 0.15) is 5.76 Å². The van der Waals surface area contributed by atoms with Crippen molar-refractivity contribution in [2.24, 2.45) is 5.92 Å². The zero-order valence-electron chi connectivity index (χ0n) is 10.5. The number of nitrogens with one attached hydrogen (secondary N) is 1. The van der Waals surface area contributed by atoms with Crippen LogP contribution in [0.2, 0.25) is 0 Å². The number of aromatic nitrogens is 2. The molecule has 2 aromatic rings. The van der Waals surface area contributed by atoms with Crippen molar-refractivity contribution in [3.05, 3.63) is 24.0 Å². The third-order valence-electron chi connectivity index (χ3n) is 3.50. The van der Waals surface area contributed by atoms with Crippen molar-refractivity contribution < 1.29 is 8.94 Å². The highest BCUT2D eigenvalue weighted by Gasteiger charge is 2.17. The van der Waals surface area contributed by atoms with Crippen LogP contribution in [0.4, 0.5) is 0 Å². The molecule has 1 N–H and O–H groups in total. The molecule has 1 atom stereocenters. The molecule has 0 aliphatic carbocycles. The third kappa shape index (κ3) is 2.31. The first-order valence-electron chi connectivity index (χ1n) is 6.40. The molecule has 5 heteroatoms. The zero-order chi connectivity index (χ0) is 12.4. The van der Waals surface area contributed by atoms with E-state index in [1.165, 1.54) is 6.42 Å². The summed E-state index contributed by atoms with van der Waals surface area (Å²) in [5.74, 6) is 2.91. The number of aryl methyl sites for hydroxylation is 2. The van der Waals surface area contributed by atoms with Gasteiger partial charge in [0.05, 0.1) is 11.8 Å². The third-order valence-corrected chi connectivity index (χ3v) is 3.50. The second-order valence-corrected chi connectivity index (χ2v) is 4.80. The van der Waals surface area contributed by atoms with Crippen LogP contribution in [0.1, 0.15) is 24.5 Å². The van der Waals surface area contributed by atoms with E-state index in [9.17, 15) is 0 Å². The monoisotopic (exact) mass is 247 g/mol. The predicted molar refractivity (Wildman–Crippen MR) is 66.0 cm³/mol. The normalized spacial score (nSPS) is 19.5. The van der Waals surface area contributed by atoms with Crippen molar-refractivity contribution in [3.8, 4) is 11.4 Å². The van der Waals surface area contributed by atoms with E-state index in [0.717, 1.165) is 49.1 Å². The fraction of sp³-hybridized carbons (Fsp3) is 0.538. The minimum absolute atomic E-state index is 0.626. The van der Waals surface area contributed by atoms with Gasteiger partial charge < -0.3 is 14.3 Å². The molecule has 96 valence electrons. The predicted octanol–water partition coefficient (Wildman–Crippen LogP) is 2.18. The van der Waals surface area contributed by atoms with Crippen molar-refractivity contribution in [3.63, 3.8) is 0 Å². The van der Waals surface area contributed by atoms with Gasteiger partial charge in [-0.3, -0.25) is 0 Å². The fourth-order valence-electron chi connectivity index (χ4n) is 2.37. The molecular formula is C13H17N3O2. The van der Waals surface area contributed by atoms with E-state index >= 15 is 0 Å². The Balaban J connectivity index is 1.64. The quantitative estimate of drug-likeness (QED) is 0.897. The summed E-state index contributed by atoms with van der Waals surface area (Å²) in [7, 11) is 0. The van der Waals surface area contributed by atoms with Crippen molar-refractivity contribution in [1.29, 1.82) is 0 Å². The van der Waals surface area contributed by atoms with Crippen LogP contribution in [0.15, 0.2) is 21.3 Å². The smallest absolute Gasteiger partial charge is 0.226 e.